The largest absolute Gasteiger partial charge is 0.458 e. The van der Waals surface area contributed by atoms with Crippen LogP contribution in [0, 0.1) is 0 Å². The van der Waals surface area contributed by atoms with Gasteiger partial charge in [-0.2, -0.15) is 0 Å². The minimum atomic E-state index is 0.229. The van der Waals surface area contributed by atoms with E-state index < -0.39 is 0 Å². The number of rotatable bonds is 5. The summed E-state index contributed by atoms with van der Waals surface area (Å²) >= 11 is 12.1. The summed E-state index contributed by atoms with van der Waals surface area (Å²) in [6.07, 6.45) is 2.08. The van der Waals surface area contributed by atoms with Crippen molar-refractivity contribution in [2.45, 2.75) is 32.7 Å². The molecule has 1 aromatic heterocycles. The smallest absolute Gasteiger partial charge is 0.154 e. The molecule has 1 heterocycles. The van der Waals surface area contributed by atoms with Crippen molar-refractivity contribution in [2.24, 2.45) is 0 Å². The van der Waals surface area contributed by atoms with Gasteiger partial charge < -0.3 is 9.73 Å². The highest BCUT2D eigenvalue weighted by atomic mass is 35.5. The van der Waals surface area contributed by atoms with Gasteiger partial charge in [-0.15, -0.1) is 0 Å². The Hall–Kier alpha value is -0.700. The zero-order chi connectivity index (χ0) is 13.1. The third-order valence-corrected chi connectivity index (χ3v) is 3.78. The molecule has 0 aliphatic heterocycles. The predicted molar refractivity (Wildman–Crippen MR) is 77.6 cm³/mol. The number of furan rings is 1. The molecule has 0 saturated heterocycles. The molecule has 0 aliphatic carbocycles. The van der Waals surface area contributed by atoms with E-state index in [1.54, 1.807) is 6.07 Å². The number of hydrogen-bond acceptors (Lipinski definition) is 2. The van der Waals surface area contributed by atoms with Gasteiger partial charge in [0.15, 0.2) is 5.58 Å². The molecule has 0 spiro atoms. The maximum Gasteiger partial charge on any atom is 0.154 e. The van der Waals surface area contributed by atoms with Crippen molar-refractivity contribution < 1.29 is 4.42 Å². The fraction of sp³-hybridized carbons (Fsp3) is 0.429. The van der Waals surface area contributed by atoms with Gasteiger partial charge in [0.25, 0.3) is 0 Å². The van der Waals surface area contributed by atoms with Crippen molar-refractivity contribution in [1.82, 2.24) is 5.32 Å². The second kappa shape index (κ2) is 5.96. The van der Waals surface area contributed by atoms with E-state index in [1.807, 2.05) is 12.1 Å². The first kappa shape index (κ1) is 13.7. The molecule has 1 atom stereocenters. The minimum absolute atomic E-state index is 0.229. The molecule has 98 valence electrons. The van der Waals surface area contributed by atoms with Crippen molar-refractivity contribution in [3.05, 3.63) is 34.0 Å². The molecule has 2 rings (SSSR count). The lowest BCUT2D eigenvalue weighted by Crippen LogP contribution is -2.20. The lowest BCUT2D eigenvalue weighted by molar-refractivity contribution is 0.421. The minimum Gasteiger partial charge on any atom is -0.458 e. The van der Waals surface area contributed by atoms with E-state index in [-0.39, 0.29) is 6.04 Å². The molecule has 4 heteroatoms. The topological polar surface area (TPSA) is 25.2 Å². The first-order valence-corrected chi connectivity index (χ1v) is 7.03. The number of halogens is 2. The second-order valence-corrected chi connectivity index (χ2v) is 5.13. The average molecular weight is 286 g/mol. The predicted octanol–water partition coefficient (Wildman–Crippen LogP) is 5.19. The first-order chi connectivity index (χ1) is 8.67. The van der Waals surface area contributed by atoms with Gasteiger partial charge in [-0.3, -0.25) is 0 Å². The Labute approximate surface area is 117 Å². The Morgan fingerprint density at radius 3 is 2.72 bits per heavy atom. The summed E-state index contributed by atoms with van der Waals surface area (Å²) < 4.78 is 5.85. The third kappa shape index (κ3) is 2.66. The highest BCUT2D eigenvalue weighted by Gasteiger charge is 2.16. The molecule has 2 nitrogen and oxygen atoms in total. The van der Waals surface area contributed by atoms with Crippen LogP contribution < -0.4 is 5.32 Å². The van der Waals surface area contributed by atoms with Gasteiger partial charge in [-0.25, -0.2) is 0 Å². The summed E-state index contributed by atoms with van der Waals surface area (Å²) in [6.45, 7) is 5.26. The van der Waals surface area contributed by atoms with E-state index in [2.05, 4.69) is 19.2 Å². The van der Waals surface area contributed by atoms with Crippen LogP contribution in [0.4, 0.5) is 0 Å². The van der Waals surface area contributed by atoms with E-state index in [1.165, 1.54) is 0 Å². The number of fused-ring (bicyclic) bond motifs is 1. The number of nitrogens with one attached hydrogen (secondary N) is 1. The van der Waals surface area contributed by atoms with Crippen LogP contribution in [0.1, 0.15) is 38.5 Å². The van der Waals surface area contributed by atoms with Crippen molar-refractivity contribution in [3.63, 3.8) is 0 Å². The van der Waals surface area contributed by atoms with E-state index in [0.29, 0.717) is 15.6 Å². The van der Waals surface area contributed by atoms with Crippen molar-refractivity contribution in [3.8, 4) is 0 Å². The molecule has 0 bridgehead atoms. The van der Waals surface area contributed by atoms with Gasteiger partial charge in [0.05, 0.1) is 11.1 Å². The highest BCUT2D eigenvalue weighted by Crippen LogP contribution is 2.34. The van der Waals surface area contributed by atoms with Crippen LogP contribution in [0.25, 0.3) is 11.0 Å². The molecule has 0 fully saturated rings. The summed E-state index contributed by atoms with van der Waals surface area (Å²) in [7, 11) is 0. The van der Waals surface area contributed by atoms with Gasteiger partial charge in [0, 0.05) is 5.39 Å². The third-order valence-electron chi connectivity index (χ3n) is 2.99. The Balaban J connectivity index is 2.36. The van der Waals surface area contributed by atoms with Gasteiger partial charge >= 0.3 is 0 Å². The lowest BCUT2D eigenvalue weighted by atomic mass is 10.1. The molecule has 1 N–H and O–H groups in total. The fourth-order valence-electron chi connectivity index (χ4n) is 2.00. The van der Waals surface area contributed by atoms with E-state index in [4.69, 9.17) is 27.6 Å². The van der Waals surface area contributed by atoms with Crippen LogP contribution in [0.15, 0.2) is 22.6 Å². The Morgan fingerprint density at radius 1 is 1.28 bits per heavy atom. The molecule has 0 aliphatic rings. The summed E-state index contributed by atoms with van der Waals surface area (Å²) in [5.74, 6) is 0.921. The zero-order valence-electron chi connectivity index (χ0n) is 10.6. The van der Waals surface area contributed by atoms with E-state index in [9.17, 15) is 0 Å². The fourth-order valence-corrected chi connectivity index (χ4v) is 2.36. The monoisotopic (exact) mass is 285 g/mol. The number of benzene rings is 1. The summed E-state index contributed by atoms with van der Waals surface area (Å²) in [6, 6.07) is 6.00. The molecule has 1 unspecified atom stereocenters. The lowest BCUT2D eigenvalue weighted by Gasteiger charge is -2.13. The molecule has 1 aromatic carbocycles. The standard InChI is InChI=1S/C14H17Cl2NO/c1-3-7-17-11(4-2)12-8-9-5-6-10(15)13(16)14(9)18-12/h5-6,8,11,17H,3-4,7H2,1-2H3. The van der Waals surface area contributed by atoms with Crippen molar-refractivity contribution in [2.75, 3.05) is 6.54 Å². The second-order valence-electron chi connectivity index (χ2n) is 4.34. The first-order valence-electron chi connectivity index (χ1n) is 6.28. The van der Waals surface area contributed by atoms with Gasteiger partial charge in [-0.05, 0) is 37.6 Å². The van der Waals surface area contributed by atoms with Crippen LogP contribution in [0.3, 0.4) is 0 Å². The zero-order valence-corrected chi connectivity index (χ0v) is 12.1. The highest BCUT2D eigenvalue weighted by molar-refractivity contribution is 6.44. The molecular weight excluding hydrogens is 269 g/mol. The van der Waals surface area contributed by atoms with Crippen molar-refractivity contribution in [1.29, 1.82) is 0 Å². The molecule has 0 saturated carbocycles. The van der Waals surface area contributed by atoms with Gasteiger partial charge in [0.1, 0.15) is 10.8 Å². The SMILES string of the molecule is CCCNC(CC)c1cc2ccc(Cl)c(Cl)c2o1. The molecule has 0 amide bonds. The average Bonchev–Trinajstić information content (AvgIpc) is 2.80. The molecular formula is C14H17Cl2NO. The van der Waals surface area contributed by atoms with Crippen LogP contribution in [0.5, 0.6) is 0 Å². The summed E-state index contributed by atoms with van der Waals surface area (Å²) in [5, 5.41) is 5.48. The van der Waals surface area contributed by atoms with Crippen LogP contribution in [-0.4, -0.2) is 6.54 Å². The summed E-state index contributed by atoms with van der Waals surface area (Å²) in [4.78, 5) is 0. The Bertz CT molecular complexity index is 536. The maximum atomic E-state index is 6.15. The maximum absolute atomic E-state index is 6.15. The van der Waals surface area contributed by atoms with Crippen LogP contribution in [0.2, 0.25) is 10.0 Å². The molecule has 0 radical (unpaired) electrons. The van der Waals surface area contributed by atoms with Crippen LogP contribution in [-0.2, 0) is 0 Å². The van der Waals surface area contributed by atoms with E-state index >= 15 is 0 Å². The van der Waals surface area contributed by atoms with Crippen LogP contribution >= 0.6 is 23.2 Å². The number of hydrogen-bond donors (Lipinski definition) is 1. The quantitative estimate of drug-likeness (QED) is 0.818. The molecule has 18 heavy (non-hydrogen) atoms. The molecule has 2 aromatic rings. The summed E-state index contributed by atoms with van der Waals surface area (Å²) in [5.41, 5.74) is 0.677. The van der Waals surface area contributed by atoms with Gasteiger partial charge in [-0.1, -0.05) is 37.0 Å². The normalized spacial score (nSPS) is 13.1. The Kier molecular flexibility index (Phi) is 4.55. The van der Waals surface area contributed by atoms with Gasteiger partial charge in [0.2, 0.25) is 0 Å². The Morgan fingerprint density at radius 2 is 2.06 bits per heavy atom. The van der Waals surface area contributed by atoms with Crippen molar-refractivity contribution >= 4 is 34.2 Å². The van der Waals surface area contributed by atoms with E-state index in [0.717, 1.165) is 30.5 Å².